The van der Waals surface area contributed by atoms with E-state index in [9.17, 15) is 0 Å². The molecule has 0 saturated heterocycles. The maximum absolute atomic E-state index is 5.85. The Labute approximate surface area is 103 Å². The summed E-state index contributed by atoms with van der Waals surface area (Å²) in [6.45, 7) is 0. The van der Waals surface area contributed by atoms with Crippen LogP contribution in [0.3, 0.4) is 0 Å². The zero-order chi connectivity index (χ0) is 11.7. The van der Waals surface area contributed by atoms with E-state index in [1.807, 2.05) is 36.4 Å². The maximum Gasteiger partial charge on any atom is 0.177 e. The Morgan fingerprint density at radius 1 is 1.12 bits per heavy atom. The van der Waals surface area contributed by atoms with Crippen molar-refractivity contribution in [2.75, 3.05) is 0 Å². The summed E-state index contributed by atoms with van der Waals surface area (Å²) < 4.78 is 0. The van der Waals surface area contributed by atoms with Gasteiger partial charge in [-0.05, 0) is 29.8 Å². The number of rotatable bonds is 2. The zero-order valence-electron chi connectivity index (χ0n) is 9.02. The fourth-order valence-corrected chi connectivity index (χ4v) is 1.90. The summed E-state index contributed by atoms with van der Waals surface area (Å²) in [6.07, 6.45) is 2.50. The number of hydrogen-bond donors (Lipinski definition) is 1. The van der Waals surface area contributed by atoms with Gasteiger partial charge in [0.2, 0.25) is 0 Å². The number of H-pyrrole nitrogens is 1. The second kappa shape index (κ2) is 4.18. The highest BCUT2D eigenvalue weighted by atomic mass is 35.5. The molecular weight excluding hydrogens is 234 g/mol. The lowest BCUT2D eigenvalue weighted by molar-refractivity contribution is 1.03. The van der Waals surface area contributed by atoms with Gasteiger partial charge in [-0.2, -0.15) is 0 Å². The SMILES string of the molecule is Clc1ccc(Cc2nc3ncccc3[nH]2)cc1. The first-order chi connectivity index (χ1) is 8.31. The molecule has 2 aromatic heterocycles. The van der Waals surface area contributed by atoms with Gasteiger partial charge >= 0.3 is 0 Å². The van der Waals surface area contributed by atoms with E-state index in [1.54, 1.807) is 6.20 Å². The minimum absolute atomic E-state index is 0.750. The van der Waals surface area contributed by atoms with Crippen LogP contribution in [0.5, 0.6) is 0 Å². The van der Waals surface area contributed by atoms with E-state index in [4.69, 9.17) is 11.6 Å². The Bertz CT molecular complexity index is 610. The molecule has 0 saturated carbocycles. The lowest BCUT2D eigenvalue weighted by Crippen LogP contribution is -1.89. The van der Waals surface area contributed by atoms with Crippen molar-refractivity contribution in [2.45, 2.75) is 6.42 Å². The molecule has 3 rings (SSSR count). The van der Waals surface area contributed by atoms with E-state index < -0.39 is 0 Å². The van der Waals surface area contributed by atoms with Gasteiger partial charge in [0.15, 0.2) is 5.65 Å². The number of imidazole rings is 1. The van der Waals surface area contributed by atoms with Crippen molar-refractivity contribution in [2.24, 2.45) is 0 Å². The minimum atomic E-state index is 0.750. The van der Waals surface area contributed by atoms with Crippen LogP contribution in [-0.2, 0) is 6.42 Å². The highest BCUT2D eigenvalue weighted by molar-refractivity contribution is 6.30. The lowest BCUT2D eigenvalue weighted by Gasteiger charge is -1.97. The molecule has 17 heavy (non-hydrogen) atoms. The molecule has 1 N–H and O–H groups in total. The summed E-state index contributed by atoms with van der Waals surface area (Å²) >= 11 is 5.85. The molecule has 4 heteroatoms. The van der Waals surface area contributed by atoms with Crippen molar-refractivity contribution in [3.05, 3.63) is 59.0 Å². The van der Waals surface area contributed by atoms with E-state index >= 15 is 0 Å². The number of nitrogens with zero attached hydrogens (tertiary/aromatic N) is 2. The topological polar surface area (TPSA) is 41.6 Å². The molecule has 0 aliphatic carbocycles. The fraction of sp³-hybridized carbons (Fsp3) is 0.0769. The van der Waals surface area contributed by atoms with Gasteiger partial charge in [-0.3, -0.25) is 0 Å². The summed E-state index contributed by atoms with van der Waals surface area (Å²) in [5.74, 6) is 0.918. The van der Waals surface area contributed by atoms with E-state index in [1.165, 1.54) is 5.56 Å². The molecule has 0 amide bonds. The second-order valence-electron chi connectivity index (χ2n) is 3.86. The van der Waals surface area contributed by atoms with Crippen molar-refractivity contribution < 1.29 is 0 Å². The molecule has 0 radical (unpaired) electrons. The summed E-state index contributed by atoms with van der Waals surface area (Å²) in [5, 5.41) is 0.750. The van der Waals surface area contributed by atoms with E-state index in [0.29, 0.717) is 0 Å². The van der Waals surface area contributed by atoms with Gasteiger partial charge in [-0.1, -0.05) is 23.7 Å². The molecule has 0 atom stereocenters. The number of benzene rings is 1. The zero-order valence-corrected chi connectivity index (χ0v) is 9.78. The lowest BCUT2D eigenvalue weighted by atomic mass is 10.1. The number of fused-ring (bicyclic) bond motifs is 1. The highest BCUT2D eigenvalue weighted by Crippen LogP contribution is 2.14. The molecule has 0 aliphatic rings. The predicted molar refractivity (Wildman–Crippen MR) is 68.1 cm³/mol. The van der Waals surface area contributed by atoms with Crippen molar-refractivity contribution in [1.29, 1.82) is 0 Å². The van der Waals surface area contributed by atoms with Gasteiger partial charge in [0.25, 0.3) is 0 Å². The third-order valence-electron chi connectivity index (χ3n) is 2.59. The largest absolute Gasteiger partial charge is 0.340 e. The van der Waals surface area contributed by atoms with Crippen LogP contribution in [0, 0.1) is 0 Å². The van der Waals surface area contributed by atoms with Crippen molar-refractivity contribution in [3.63, 3.8) is 0 Å². The normalized spacial score (nSPS) is 10.9. The molecule has 0 spiro atoms. The van der Waals surface area contributed by atoms with Gasteiger partial charge in [0.1, 0.15) is 5.82 Å². The number of aromatic nitrogens is 3. The average molecular weight is 244 g/mol. The Hall–Kier alpha value is -1.87. The van der Waals surface area contributed by atoms with Crippen LogP contribution in [0.25, 0.3) is 11.2 Å². The Morgan fingerprint density at radius 3 is 2.71 bits per heavy atom. The third kappa shape index (κ3) is 2.15. The predicted octanol–water partition coefficient (Wildman–Crippen LogP) is 3.20. The minimum Gasteiger partial charge on any atom is -0.340 e. The number of aromatic amines is 1. The fourth-order valence-electron chi connectivity index (χ4n) is 1.77. The third-order valence-corrected chi connectivity index (χ3v) is 2.84. The van der Waals surface area contributed by atoms with Crippen molar-refractivity contribution in [3.8, 4) is 0 Å². The first-order valence-electron chi connectivity index (χ1n) is 5.35. The molecular formula is C13H10ClN3. The average Bonchev–Trinajstić information content (AvgIpc) is 2.74. The van der Waals surface area contributed by atoms with Gasteiger partial charge < -0.3 is 4.98 Å². The van der Waals surface area contributed by atoms with Gasteiger partial charge in [0.05, 0.1) is 5.52 Å². The standard InChI is InChI=1S/C13H10ClN3/c14-10-5-3-9(4-6-10)8-12-16-11-2-1-7-15-13(11)17-12/h1-7H,8H2,(H,15,16,17). The second-order valence-corrected chi connectivity index (χ2v) is 4.30. The first kappa shape index (κ1) is 10.3. The van der Waals surface area contributed by atoms with Crippen LogP contribution in [0.4, 0.5) is 0 Å². The summed E-state index contributed by atoms with van der Waals surface area (Å²) in [7, 11) is 0. The Kier molecular flexibility index (Phi) is 2.53. The van der Waals surface area contributed by atoms with Crippen molar-refractivity contribution in [1.82, 2.24) is 15.0 Å². The first-order valence-corrected chi connectivity index (χ1v) is 5.73. The maximum atomic E-state index is 5.85. The molecule has 0 aliphatic heterocycles. The van der Waals surface area contributed by atoms with Gasteiger partial charge in [0, 0.05) is 17.6 Å². The van der Waals surface area contributed by atoms with Gasteiger partial charge in [-0.25, -0.2) is 9.97 Å². The summed E-state index contributed by atoms with van der Waals surface area (Å²) in [6, 6.07) is 11.6. The van der Waals surface area contributed by atoms with E-state index in [0.717, 1.165) is 28.4 Å². The van der Waals surface area contributed by atoms with Gasteiger partial charge in [-0.15, -0.1) is 0 Å². The summed E-state index contributed by atoms with van der Waals surface area (Å²) in [4.78, 5) is 11.9. The molecule has 2 heterocycles. The van der Waals surface area contributed by atoms with Crippen LogP contribution < -0.4 is 0 Å². The van der Waals surface area contributed by atoms with Crippen LogP contribution in [0.15, 0.2) is 42.6 Å². The molecule has 3 aromatic rings. The summed E-state index contributed by atoms with van der Waals surface area (Å²) in [5.41, 5.74) is 2.90. The smallest absolute Gasteiger partial charge is 0.177 e. The van der Waals surface area contributed by atoms with E-state index in [2.05, 4.69) is 15.0 Å². The molecule has 0 bridgehead atoms. The molecule has 1 aromatic carbocycles. The molecule has 3 nitrogen and oxygen atoms in total. The molecule has 0 unspecified atom stereocenters. The van der Waals surface area contributed by atoms with Crippen LogP contribution in [0.1, 0.15) is 11.4 Å². The molecule has 0 fully saturated rings. The van der Waals surface area contributed by atoms with Crippen LogP contribution in [0.2, 0.25) is 5.02 Å². The van der Waals surface area contributed by atoms with Crippen LogP contribution in [-0.4, -0.2) is 15.0 Å². The monoisotopic (exact) mass is 243 g/mol. The van der Waals surface area contributed by atoms with Crippen molar-refractivity contribution >= 4 is 22.8 Å². The highest BCUT2D eigenvalue weighted by Gasteiger charge is 2.03. The number of pyridine rings is 1. The Morgan fingerprint density at radius 2 is 1.94 bits per heavy atom. The number of nitrogens with one attached hydrogen (secondary N) is 1. The number of halogens is 1. The quantitative estimate of drug-likeness (QED) is 0.751. The number of hydrogen-bond acceptors (Lipinski definition) is 2. The van der Waals surface area contributed by atoms with E-state index in [-0.39, 0.29) is 0 Å². The van der Waals surface area contributed by atoms with Crippen LogP contribution >= 0.6 is 11.6 Å². The molecule has 84 valence electrons. The Balaban J connectivity index is 1.92.